The van der Waals surface area contributed by atoms with Gasteiger partial charge in [0.15, 0.2) is 0 Å². The standard InChI is InChI=1S/C21H18FN3O3/c1-13-11-16(12-23-24-20(26)15-7-9-17(22)10-8-15)14(2)25(13)19-6-4-3-5-18(19)21(27)28/h3-12H,1-2H3,(H,24,26)(H,27,28)/b23-12-. The largest absolute Gasteiger partial charge is 0.478 e. The van der Waals surface area contributed by atoms with E-state index >= 15 is 0 Å². The van der Waals surface area contributed by atoms with Crippen molar-refractivity contribution in [2.75, 3.05) is 0 Å². The van der Waals surface area contributed by atoms with E-state index < -0.39 is 17.7 Å². The van der Waals surface area contributed by atoms with Crippen molar-refractivity contribution in [1.29, 1.82) is 0 Å². The van der Waals surface area contributed by atoms with E-state index in [0.29, 0.717) is 11.3 Å². The summed E-state index contributed by atoms with van der Waals surface area (Å²) in [5, 5.41) is 13.4. The van der Waals surface area contributed by atoms with Gasteiger partial charge < -0.3 is 9.67 Å². The lowest BCUT2D eigenvalue weighted by atomic mass is 10.1. The van der Waals surface area contributed by atoms with Crippen molar-refractivity contribution in [3.8, 4) is 5.69 Å². The van der Waals surface area contributed by atoms with Gasteiger partial charge in [-0.25, -0.2) is 14.6 Å². The number of hydrogen-bond donors (Lipinski definition) is 2. The molecule has 3 rings (SSSR count). The van der Waals surface area contributed by atoms with Gasteiger partial charge in [0.25, 0.3) is 5.91 Å². The molecule has 142 valence electrons. The van der Waals surface area contributed by atoms with Gasteiger partial charge in [-0.15, -0.1) is 0 Å². The van der Waals surface area contributed by atoms with Gasteiger partial charge in [0.1, 0.15) is 5.82 Å². The number of nitrogens with zero attached hydrogens (tertiary/aromatic N) is 2. The first-order chi connectivity index (χ1) is 13.4. The number of benzene rings is 2. The third-order valence-corrected chi connectivity index (χ3v) is 4.32. The van der Waals surface area contributed by atoms with E-state index in [1.54, 1.807) is 24.3 Å². The summed E-state index contributed by atoms with van der Waals surface area (Å²) in [6.45, 7) is 3.70. The number of carbonyl (C=O) groups excluding carboxylic acids is 1. The Morgan fingerprint density at radius 1 is 1.11 bits per heavy atom. The van der Waals surface area contributed by atoms with Crippen molar-refractivity contribution in [2.24, 2.45) is 5.10 Å². The van der Waals surface area contributed by atoms with E-state index in [1.807, 2.05) is 24.5 Å². The minimum absolute atomic E-state index is 0.192. The molecular weight excluding hydrogens is 361 g/mol. The highest BCUT2D eigenvalue weighted by atomic mass is 19.1. The number of aryl methyl sites for hydroxylation is 1. The zero-order valence-electron chi connectivity index (χ0n) is 15.3. The van der Waals surface area contributed by atoms with Crippen LogP contribution in [-0.2, 0) is 0 Å². The minimum atomic E-state index is -1.01. The number of carboxylic acids is 1. The fourth-order valence-electron chi connectivity index (χ4n) is 2.96. The fourth-order valence-corrected chi connectivity index (χ4v) is 2.96. The molecule has 3 aromatic rings. The average molecular weight is 379 g/mol. The van der Waals surface area contributed by atoms with E-state index in [1.165, 1.54) is 30.5 Å². The number of amides is 1. The lowest BCUT2D eigenvalue weighted by Crippen LogP contribution is -2.17. The average Bonchev–Trinajstić information content (AvgIpc) is 2.95. The molecule has 0 spiro atoms. The molecule has 28 heavy (non-hydrogen) atoms. The van der Waals surface area contributed by atoms with Crippen LogP contribution in [0.3, 0.4) is 0 Å². The molecule has 0 aliphatic carbocycles. The number of hydrogen-bond acceptors (Lipinski definition) is 3. The van der Waals surface area contributed by atoms with Crippen LogP contribution in [0.2, 0.25) is 0 Å². The number of aromatic nitrogens is 1. The number of carboxylic acid groups (broad SMARTS) is 1. The Balaban J connectivity index is 1.84. The van der Waals surface area contributed by atoms with Crippen LogP contribution < -0.4 is 5.43 Å². The maximum atomic E-state index is 12.9. The summed E-state index contributed by atoms with van der Waals surface area (Å²) in [6.07, 6.45) is 1.49. The zero-order chi connectivity index (χ0) is 20.3. The quantitative estimate of drug-likeness (QED) is 0.524. The normalized spacial score (nSPS) is 11.0. The molecule has 0 radical (unpaired) electrons. The highest BCUT2D eigenvalue weighted by molar-refractivity contribution is 5.95. The van der Waals surface area contributed by atoms with Crippen molar-refractivity contribution in [1.82, 2.24) is 9.99 Å². The Bertz CT molecular complexity index is 1070. The van der Waals surface area contributed by atoms with Crippen LogP contribution in [0.25, 0.3) is 5.69 Å². The van der Waals surface area contributed by atoms with Crippen molar-refractivity contribution >= 4 is 18.1 Å². The summed E-state index contributed by atoms with van der Waals surface area (Å²) in [6, 6.07) is 13.7. The number of nitrogens with one attached hydrogen (secondary N) is 1. The van der Waals surface area contributed by atoms with Gasteiger partial charge in [0.05, 0.1) is 17.5 Å². The summed E-state index contributed by atoms with van der Waals surface area (Å²) >= 11 is 0. The van der Waals surface area contributed by atoms with Crippen LogP contribution in [0.1, 0.15) is 37.7 Å². The van der Waals surface area contributed by atoms with Gasteiger partial charge in [-0.05, 0) is 56.3 Å². The van der Waals surface area contributed by atoms with Crippen LogP contribution in [0.15, 0.2) is 59.7 Å². The number of halogens is 1. The first-order valence-electron chi connectivity index (χ1n) is 8.49. The third kappa shape index (κ3) is 3.83. The Morgan fingerprint density at radius 2 is 1.79 bits per heavy atom. The zero-order valence-corrected chi connectivity index (χ0v) is 15.3. The molecule has 2 N–H and O–H groups in total. The molecule has 1 heterocycles. The van der Waals surface area contributed by atoms with Crippen LogP contribution in [0, 0.1) is 19.7 Å². The lowest BCUT2D eigenvalue weighted by Gasteiger charge is -2.12. The Kier molecular flexibility index (Phi) is 5.35. The minimum Gasteiger partial charge on any atom is -0.478 e. The molecule has 6 nitrogen and oxygen atoms in total. The number of para-hydroxylation sites is 1. The molecule has 0 unspecified atom stereocenters. The molecule has 0 saturated carbocycles. The van der Waals surface area contributed by atoms with E-state index in [-0.39, 0.29) is 5.56 Å². The van der Waals surface area contributed by atoms with Crippen LogP contribution in [0.4, 0.5) is 4.39 Å². The summed E-state index contributed by atoms with van der Waals surface area (Å²) in [4.78, 5) is 23.5. The second kappa shape index (κ2) is 7.87. The van der Waals surface area contributed by atoms with Gasteiger partial charge in [0, 0.05) is 22.5 Å². The third-order valence-electron chi connectivity index (χ3n) is 4.32. The maximum absolute atomic E-state index is 12.9. The van der Waals surface area contributed by atoms with E-state index in [4.69, 9.17) is 0 Å². The second-order valence-corrected chi connectivity index (χ2v) is 6.19. The van der Waals surface area contributed by atoms with E-state index in [9.17, 15) is 19.1 Å². The van der Waals surface area contributed by atoms with E-state index in [0.717, 1.165) is 17.0 Å². The summed E-state index contributed by atoms with van der Waals surface area (Å²) < 4.78 is 14.8. The van der Waals surface area contributed by atoms with Gasteiger partial charge in [0.2, 0.25) is 0 Å². The second-order valence-electron chi connectivity index (χ2n) is 6.19. The molecule has 0 fully saturated rings. The fraction of sp³-hybridized carbons (Fsp3) is 0.0952. The van der Waals surface area contributed by atoms with Crippen LogP contribution in [0.5, 0.6) is 0 Å². The van der Waals surface area contributed by atoms with Crippen molar-refractivity contribution in [3.63, 3.8) is 0 Å². The maximum Gasteiger partial charge on any atom is 0.337 e. The highest BCUT2D eigenvalue weighted by Gasteiger charge is 2.16. The van der Waals surface area contributed by atoms with Crippen LogP contribution in [-0.4, -0.2) is 27.8 Å². The first kappa shape index (κ1) is 19.0. The number of hydrazone groups is 1. The summed E-state index contributed by atoms with van der Waals surface area (Å²) in [5.74, 6) is -1.89. The monoisotopic (exact) mass is 379 g/mol. The number of rotatable bonds is 5. The molecule has 1 amide bonds. The summed E-state index contributed by atoms with van der Waals surface area (Å²) in [7, 11) is 0. The predicted octanol–water partition coefficient (Wildman–Crippen LogP) is 3.70. The molecule has 1 aromatic heterocycles. The van der Waals surface area contributed by atoms with Crippen LogP contribution >= 0.6 is 0 Å². The highest BCUT2D eigenvalue weighted by Crippen LogP contribution is 2.22. The SMILES string of the molecule is Cc1cc(/C=N\NC(=O)c2ccc(F)cc2)c(C)n1-c1ccccc1C(=O)O. The molecular formula is C21H18FN3O3. The number of carbonyl (C=O) groups is 2. The Morgan fingerprint density at radius 3 is 2.46 bits per heavy atom. The Hall–Kier alpha value is -3.74. The van der Waals surface area contributed by atoms with Gasteiger partial charge >= 0.3 is 5.97 Å². The summed E-state index contributed by atoms with van der Waals surface area (Å²) in [5.41, 5.74) is 5.78. The van der Waals surface area contributed by atoms with Crippen molar-refractivity contribution in [2.45, 2.75) is 13.8 Å². The predicted molar refractivity (Wildman–Crippen MR) is 104 cm³/mol. The molecule has 0 atom stereocenters. The molecule has 0 aliphatic rings. The molecule has 2 aromatic carbocycles. The number of aromatic carboxylic acids is 1. The molecule has 7 heteroatoms. The lowest BCUT2D eigenvalue weighted by molar-refractivity contribution is 0.0696. The smallest absolute Gasteiger partial charge is 0.337 e. The van der Waals surface area contributed by atoms with Crippen molar-refractivity contribution in [3.05, 3.63) is 88.5 Å². The van der Waals surface area contributed by atoms with E-state index in [2.05, 4.69) is 10.5 Å². The molecule has 0 saturated heterocycles. The first-order valence-corrected chi connectivity index (χ1v) is 8.49. The Labute approximate surface area is 160 Å². The van der Waals surface area contributed by atoms with Gasteiger partial charge in [-0.3, -0.25) is 4.79 Å². The van der Waals surface area contributed by atoms with Gasteiger partial charge in [-0.2, -0.15) is 5.10 Å². The van der Waals surface area contributed by atoms with Gasteiger partial charge in [-0.1, -0.05) is 12.1 Å². The topological polar surface area (TPSA) is 83.7 Å². The van der Waals surface area contributed by atoms with Crippen molar-refractivity contribution < 1.29 is 19.1 Å². The molecule has 0 aliphatic heterocycles. The molecule has 0 bridgehead atoms.